The van der Waals surface area contributed by atoms with Crippen molar-refractivity contribution in [3.05, 3.63) is 64.5 Å². The maximum Gasteiger partial charge on any atom is 0.269 e. The summed E-state index contributed by atoms with van der Waals surface area (Å²) in [7, 11) is 0. The fraction of sp³-hybridized carbons (Fsp3) is 0.0714. The van der Waals surface area contributed by atoms with Crippen molar-refractivity contribution in [3.63, 3.8) is 0 Å². The molecule has 0 N–H and O–H groups in total. The summed E-state index contributed by atoms with van der Waals surface area (Å²) in [5, 5.41) is 14.8. The first kappa shape index (κ1) is 12.2. The van der Waals surface area contributed by atoms with E-state index in [1.165, 1.54) is 12.1 Å². The van der Waals surface area contributed by atoms with Crippen LogP contribution < -0.4 is 4.74 Å². The molecular weight excluding hydrogens is 258 g/mol. The van der Waals surface area contributed by atoms with Crippen LogP contribution in [0.2, 0.25) is 0 Å². The zero-order valence-electron chi connectivity index (χ0n) is 10.7. The second kappa shape index (κ2) is 4.65. The molecule has 0 atom stereocenters. The van der Waals surface area contributed by atoms with Crippen LogP contribution >= 0.6 is 0 Å². The predicted octanol–water partition coefficient (Wildman–Crippen LogP) is 3.34. The van der Waals surface area contributed by atoms with Gasteiger partial charge in [-0.2, -0.15) is 5.10 Å². The van der Waals surface area contributed by atoms with Crippen molar-refractivity contribution >= 4 is 11.2 Å². The number of ether oxygens (including phenoxy) is 1. The molecule has 100 valence electrons. The van der Waals surface area contributed by atoms with Crippen LogP contribution in [0.3, 0.4) is 0 Å². The maximum absolute atomic E-state index is 10.7. The highest BCUT2D eigenvalue weighted by molar-refractivity contribution is 5.51. The molecule has 0 unspecified atom stereocenters. The topological polar surface area (TPSA) is 69.7 Å². The molecule has 20 heavy (non-hydrogen) atoms. The molecule has 3 rings (SSSR count). The van der Waals surface area contributed by atoms with Crippen molar-refractivity contribution in [1.29, 1.82) is 0 Å². The summed E-state index contributed by atoms with van der Waals surface area (Å²) in [6.45, 7) is 1.78. The minimum atomic E-state index is -0.422. The first-order valence-corrected chi connectivity index (χ1v) is 6.00. The minimum absolute atomic E-state index is 0.0566. The van der Waals surface area contributed by atoms with Crippen LogP contribution in [0.25, 0.3) is 5.52 Å². The summed E-state index contributed by atoms with van der Waals surface area (Å²) < 4.78 is 7.49. The normalized spacial score (nSPS) is 10.7. The summed E-state index contributed by atoms with van der Waals surface area (Å²) in [5.41, 5.74) is 1.69. The van der Waals surface area contributed by atoms with E-state index < -0.39 is 4.92 Å². The molecule has 0 amide bonds. The summed E-state index contributed by atoms with van der Waals surface area (Å²) in [5.74, 6) is 1.26. The van der Waals surface area contributed by atoms with Gasteiger partial charge < -0.3 is 4.74 Å². The highest BCUT2D eigenvalue weighted by Gasteiger charge is 2.09. The molecule has 3 aromatic rings. The largest absolute Gasteiger partial charge is 0.457 e. The lowest BCUT2D eigenvalue weighted by molar-refractivity contribution is -0.384. The molecule has 2 heterocycles. The molecule has 2 aromatic heterocycles. The Kier molecular flexibility index (Phi) is 2.83. The SMILES string of the molecule is Cc1cc([N+](=O)[O-])ccc1Oc1ccn2nccc2c1. The number of benzene rings is 1. The highest BCUT2D eigenvalue weighted by atomic mass is 16.6. The summed E-state index contributed by atoms with van der Waals surface area (Å²) in [4.78, 5) is 10.3. The third-order valence-corrected chi connectivity index (χ3v) is 2.97. The molecule has 0 bridgehead atoms. The van der Waals surface area contributed by atoms with Gasteiger partial charge in [0.25, 0.3) is 5.69 Å². The third kappa shape index (κ3) is 2.18. The number of pyridine rings is 1. The van der Waals surface area contributed by atoms with Gasteiger partial charge in [-0.15, -0.1) is 0 Å². The standard InChI is InChI=1S/C14H11N3O3/c1-10-8-12(17(18)19)2-3-14(10)20-13-5-7-16-11(9-13)4-6-15-16/h2-9H,1H3. The van der Waals surface area contributed by atoms with E-state index in [4.69, 9.17) is 4.74 Å². The van der Waals surface area contributed by atoms with Crippen molar-refractivity contribution < 1.29 is 9.66 Å². The number of nitro benzene ring substituents is 1. The molecule has 0 aliphatic carbocycles. The van der Waals surface area contributed by atoms with Crippen LogP contribution in [-0.4, -0.2) is 14.5 Å². The van der Waals surface area contributed by atoms with Crippen molar-refractivity contribution in [3.8, 4) is 11.5 Å². The second-order valence-electron chi connectivity index (χ2n) is 4.37. The molecule has 6 nitrogen and oxygen atoms in total. The minimum Gasteiger partial charge on any atom is -0.457 e. The van der Waals surface area contributed by atoms with E-state index in [0.29, 0.717) is 17.1 Å². The number of hydrogen-bond donors (Lipinski definition) is 0. The Morgan fingerprint density at radius 3 is 2.85 bits per heavy atom. The number of aryl methyl sites for hydroxylation is 1. The van der Waals surface area contributed by atoms with Crippen LogP contribution in [0.1, 0.15) is 5.56 Å². The number of aromatic nitrogens is 2. The number of fused-ring (bicyclic) bond motifs is 1. The predicted molar refractivity (Wildman–Crippen MR) is 73.1 cm³/mol. The molecular formula is C14H11N3O3. The van der Waals surface area contributed by atoms with Gasteiger partial charge in [0, 0.05) is 30.6 Å². The van der Waals surface area contributed by atoms with Gasteiger partial charge in [-0.3, -0.25) is 10.1 Å². The third-order valence-electron chi connectivity index (χ3n) is 2.97. The lowest BCUT2D eigenvalue weighted by Gasteiger charge is -2.08. The van der Waals surface area contributed by atoms with Gasteiger partial charge >= 0.3 is 0 Å². The van der Waals surface area contributed by atoms with Gasteiger partial charge in [0.2, 0.25) is 0 Å². The molecule has 0 aliphatic rings. The Labute approximate surface area is 114 Å². The molecule has 1 aromatic carbocycles. The molecule has 0 saturated carbocycles. The zero-order valence-corrected chi connectivity index (χ0v) is 10.7. The Hall–Kier alpha value is -2.89. The molecule has 6 heteroatoms. The van der Waals surface area contributed by atoms with E-state index in [1.54, 1.807) is 36.0 Å². The fourth-order valence-electron chi connectivity index (χ4n) is 1.95. The molecule has 0 radical (unpaired) electrons. The Balaban J connectivity index is 1.92. The first-order chi connectivity index (χ1) is 9.63. The lowest BCUT2D eigenvalue weighted by atomic mass is 10.2. The van der Waals surface area contributed by atoms with E-state index in [0.717, 1.165) is 5.52 Å². The maximum atomic E-state index is 10.7. The summed E-state index contributed by atoms with van der Waals surface area (Å²) in [6.07, 6.45) is 3.50. The van der Waals surface area contributed by atoms with Crippen LogP contribution in [0.4, 0.5) is 5.69 Å². The van der Waals surface area contributed by atoms with Crippen LogP contribution in [0, 0.1) is 17.0 Å². The molecule has 0 fully saturated rings. The van der Waals surface area contributed by atoms with Crippen molar-refractivity contribution in [2.24, 2.45) is 0 Å². The van der Waals surface area contributed by atoms with E-state index >= 15 is 0 Å². The van der Waals surface area contributed by atoms with Crippen molar-refractivity contribution in [1.82, 2.24) is 9.61 Å². The smallest absolute Gasteiger partial charge is 0.269 e. The summed E-state index contributed by atoms with van der Waals surface area (Å²) >= 11 is 0. The summed E-state index contributed by atoms with van der Waals surface area (Å²) in [6, 6.07) is 10.0. The molecule has 0 saturated heterocycles. The van der Waals surface area contributed by atoms with Gasteiger partial charge in [-0.05, 0) is 30.7 Å². The van der Waals surface area contributed by atoms with Gasteiger partial charge in [-0.1, -0.05) is 0 Å². The number of rotatable bonds is 3. The lowest BCUT2D eigenvalue weighted by Crippen LogP contribution is -1.93. The quantitative estimate of drug-likeness (QED) is 0.540. The average Bonchev–Trinajstić information content (AvgIpc) is 2.88. The van der Waals surface area contributed by atoms with Gasteiger partial charge in [0.1, 0.15) is 11.5 Å². The Morgan fingerprint density at radius 1 is 1.25 bits per heavy atom. The Bertz CT molecular complexity index is 795. The van der Waals surface area contributed by atoms with Crippen molar-refractivity contribution in [2.45, 2.75) is 6.92 Å². The monoisotopic (exact) mass is 269 g/mol. The first-order valence-electron chi connectivity index (χ1n) is 6.00. The van der Waals surface area contributed by atoms with Gasteiger partial charge in [-0.25, -0.2) is 4.52 Å². The van der Waals surface area contributed by atoms with E-state index in [9.17, 15) is 10.1 Å². The Morgan fingerprint density at radius 2 is 2.10 bits per heavy atom. The van der Waals surface area contributed by atoms with E-state index in [2.05, 4.69) is 5.10 Å². The van der Waals surface area contributed by atoms with Gasteiger partial charge in [0.15, 0.2) is 0 Å². The van der Waals surface area contributed by atoms with Crippen LogP contribution in [0.15, 0.2) is 48.8 Å². The number of nitro groups is 1. The van der Waals surface area contributed by atoms with Crippen molar-refractivity contribution in [2.75, 3.05) is 0 Å². The number of nitrogens with zero attached hydrogens (tertiary/aromatic N) is 3. The van der Waals surface area contributed by atoms with Crippen LogP contribution in [-0.2, 0) is 0 Å². The number of hydrogen-bond acceptors (Lipinski definition) is 4. The van der Waals surface area contributed by atoms with E-state index in [-0.39, 0.29) is 5.69 Å². The zero-order chi connectivity index (χ0) is 14.1. The molecule has 0 spiro atoms. The molecule has 0 aliphatic heterocycles. The van der Waals surface area contributed by atoms with Gasteiger partial charge in [0.05, 0.1) is 10.4 Å². The number of non-ortho nitro benzene ring substituents is 1. The highest BCUT2D eigenvalue weighted by Crippen LogP contribution is 2.28. The second-order valence-corrected chi connectivity index (χ2v) is 4.37. The van der Waals surface area contributed by atoms with E-state index in [1.807, 2.05) is 12.1 Å². The van der Waals surface area contributed by atoms with Crippen LogP contribution in [0.5, 0.6) is 11.5 Å². The average molecular weight is 269 g/mol. The fourth-order valence-corrected chi connectivity index (χ4v) is 1.95.